The number of rotatable bonds is 6. The first kappa shape index (κ1) is 21.0. The van der Waals surface area contributed by atoms with E-state index in [-0.39, 0.29) is 11.3 Å². The van der Waals surface area contributed by atoms with Crippen molar-refractivity contribution in [2.45, 2.75) is 32.5 Å². The van der Waals surface area contributed by atoms with E-state index in [0.29, 0.717) is 27.1 Å². The largest absolute Gasteiger partial charge is 0.281 e. The van der Waals surface area contributed by atoms with Gasteiger partial charge in [0.2, 0.25) is 0 Å². The number of halogens is 4. The van der Waals surface area contributed by atoms with Crippen LogP contribution < -0.4 is 0 Å². The molecule has 1 unspecified atom stereocenters. The van der Waals surface area contributed by atoms with Gasteiger partial charge in [-0.1, -0.05) is 34.8 Å². The first-order valence-electron chi connectivity index (χ1n) is 7.84. The Morgan fingerprint density at radius 3 is 2.38 bits per heavy atom. The van der Waals surface area contributed by atoms with E-state index in [4.69, 9.17) is 39.6 Å². The highest BCUT2D eigenvalue weighted by Gasteiger charge is 2.29. The summed E-state index contributed by atoms with van der Waals surface area (Å²) in [5, 5.41) is 6.39. The van der Waals surface area contributed by atoms with Gasteiger partial charge in [-0.05, 0) is 38.0 Å². The standard InChI is InChI=1S/C17H19Cl3FN3O2/c1-9(5-12-14(19)6-11(18)7-15(12)20)24(26-4)17(25)13-8-23(3)22-16(13)10(2)21/h6-10H,5H2,1-4H3/t9-,10?/m1/s1. The molecule has 1 aromatic heterocycles. The Bertz CT molecular complexity index is 788. The fourth-order valence-corrected chi connectivity index (χ4v) is 3.66. The zero-order chi connectivity index (χ0) is 19.6. The van der Waals surface area contributed by atoms with Crippen molar-refractivity contribution in [2.75, 3.05) is 7.11 Å². The number of nitrogens with zero attached hydrogens (tertiary/aromatic N) is 3. The first-order chi connectivity index (χ1) is 12.1. The summed E-state index contributed by atoms with van der Waals surface area (Å²) in [7, 11) is 2.99. The van der Waals surface area contributed by atoms with E-state index in [1.165, 1.54) is 24.9 Å². The van der Waals surface area contributed by atoms with E-state index in [0.717, 1.165) is 5.06 Å². The van der Waals surface area contributed by atoms with Crippen LogP contribution in [0.1, 0.15) is 41.6 Å². The molecule has 2 aromatic rings. The van der Waals surface area contributed by atoms with Gasteiger partial charge in [0, 0.05) is 28.3 Å². The Morgan fingerprint density at radius 1 is 1.31 bits per heavy atom. The molecule has 0 aliphatic carbocycles. The lowest BCUT2D eigenvalue weighted by atomic mass is 10.1. The van der Waals surface area contributed by atoms with E-state index >= 15 is 0 Å². The lowest BCUT2D eigenvalue weighted by Gasteiger charge is -2.27. The van der Waals surface area contributed by atoms with Gasteiger partial charge in [0.1, 0.15) is 11.9 Å². The Labute approximate surface area is 166 Å². The maximum absolute atomic E-state index is 13.8. The molecular weight excluding hydrogens is 404 g/mol. The van der Waals surface area contributed by atoms with Gasteiger partial charge in [-0.2, -0.15) is 5.10 Å². The lowest BCUT2D eigenvalue weighted by molar-refractivity contribution is -0.119. The molecular formula is C17H19Cl3FN3O2. The van der Waals surface area contributed by atoms with Gasteiger partial charge >= 0.3 is 0 Å². The fraction of sp³-hybridized carbons (Fsp3) is 0.412. The molecule has 1 heterocycles. The quantitative estimate of drug-likeness (QED) is 0.612. The molecule has 2 rings (SSSR count). The molecule has 5 nitrogen and oxygen atoms in total. The Balaban J connectivity index is 2.29. The van der Waals surface area contributed by atoms with Crippen LogP contribution in [0.3, 0.4) is 0 Å². The summed E-state index contributed by atoms with van der Waals surface area (Å²) < 4.78 is 15.2. The molecule has 1 aromatic carbocycles. The van der Waals surface area contributed by atoms with Crippen LogP contribution in [-0.2, 0) is 18.3 Å². The maximum Gasteiger partial charge on any atom is 0.281 e. The summed E-state index contributed by atoms with van der Waals surface area (Å²) in [6.45, 7) is 3.10. The van der Waals surface area contributed by atoms with Crippen molar-refractivity contribution >= 4 is 40.7 Å². The molecule has 9 heteroatoms. The fourth-order valence-electron chi connectivity index (χ4n) is 2.69. The van der Waals surface area contributed by atoms with Crippen LogP contribution >= 0.6 is 34.8 Å². The average Bonchev–Trinajstić information content (AvgIpc) is 2.93. The second-order valence-electron chi connectivity index (χ2n) is 5.93. The molecule has 2 atom stereocenters. The monoisotopic (exact) mass is 421 g/mol. The van der Waals surface area contributed by atoms with Crippen LogP contribution in [0.15, 0.2) is 18.3 Å². The van der Waals surface area contributed by atoms with E-state index in [9.17, 15) is 9.18 Å². The number of hydrogen-bond acceptors (Lipinski definition) is 3. The number of alkyl halides is 1. The Morgan fingerprint density at radius 2 is 1.88 bits per heavy atom. The third-order valence-corrected chi connectivity index (χ3v) is 4.76. The summed E-state index contributed by atoms with van der Waals surface area (Å²) in [4.78, 5) is 18.1. The molecule has 26 heavy (non-hydrogen) atoms. The Kier molecular flexibility index (Phi) is 6.91. The predicted octanol–water partition coefficient (Wildman–Crippen LogP) is 5.05. The van der Waals surface area contributed by atoms with Crippen molar-refractivity contribution in [3.63, 3.8) is 0 Å². The number of aromatic nitrogens is 2. The number of aryl methyl sites for hydroxylation is 1. The first-order valence-corrected chi connectivity index (χ1v) is 8.97. The van der Waals surface area contributed by atoms with E-state index in [1.807, 2.05) is 0 Å². The highest BCUT2D eigenvalue weighted by molar-refractivity contribution is 6.39. The second kappa shape index (κ2) is 8.57. The number of benzene rings is 1. The van der Waals surface area contributed by atoms with Crippen LogP contribution in [0.5, 0.6) is 0 Å². The molecule has 0 fully saturated rings. The van der Waals surface area contributed by atoms with E-state index in [1.54, 1.807) is 26.1 Å². The minimum absolute atomic E-state index is 0.0642. The predicted molar refractivity (Wildman–Crippen MR) is 101 cm³/mol. The highest BCUT2D eigenvalue weighted by atomic mass is 35.5. The van der Waals surface area contributed by atoms with Gasteiger partial charge in [-0.25, -0.2) is 9.45 Å². The summed E-state index contributed by atoms with van der Waals surface area (Å²) in [6, 6.07) is 2.74. The number of hydrogen-bond donors (Lipinski definition) is 0. The third kappa shape index (κ3) is 4.49. The van der Waals surface area contributed by atoms with Crippen molar-refractivity contribution in [3.05, 3.63) is 50.2 Å². The minimum atomic E-state index is -1.38. The maximum atomic E-state index is 13.8. The van der Waals surface area contributed by atoms with Crippen molar-refractivity contribution < 1.29 is 14.0 Å². The molecule has 0 saturated heterocycles. The second-order valence-corrected chi connectivity index (χ2v) is 7.18. The molecule has 0 radical (unpaired) electrons. The SMILES string of the molecule is CON(C(=O)c1cn(C)nc1C(C)F)[C@H](C)Cc1c(Cl)cc(Cl)cc1Cl. The number of carbonyl (C=O) groups excluding carboxylic acids is 1. The number of carbonyl (C=O) groups is 1. The van der Waals surface area contributed by atoms with Crippen LogP contribution in [0.25, 0.3) is 0 Å². The third-order valence-electron chi connectivity index (χ3n) is 3.87. The smallest absolute Gasteiger partial charge is 0.275 e. The van der Waals surface area contributed by atoms with Gasteiger partial charge in [0.15, 0.2) is 0 Å². The molecule has 0 N–H and O–H groups in total. The molecule has 0 spiro atoms. The van der Waals surface area contributed by atoms with Crippen molar-refractivity contribution in [1.29, 1.82) is 0 Å². The zero-order valence-electron chi connectivity index (χ0n) is 14.8. The summed E-state index contributed by atoms with van der Waals surface area (Å²) in [5.41, 5.74) is 0.851. The van der Waals surface area contributed by atoms with Crippen LogP contribution in [0, 0.1) is 0 Å². The van der Waals surface area contributed by atoms with E-state index < -0.39 is 18.1 Å². The number of amides is 1. The highest BCUT2D eigenvalue weighted by Crippen LogP contribution is 2.31. The molecule has 1 amide bonds. The van der Waals surface area contributed by atoms with Crippen molar-refractivity contribution in [3.8, 4) is 0 Å². The molecule has 0 saturated carbocycles. The van der Waals surface area contributed by atoms with Gasteiger partial charge in [-0.3, -0.25) is 14.3 Å². The molecule has 0 bridgehead atoms. The summed E-state index contributed by atoms with van der Waals surface area (Å²) in [5.74, 6) is -0.492. The summed E-state index contributed by atoms with van der Waals surface area (Å²) in [6.07, 6.45) is 0.411. The summed E-state index contributed by atoms with van der Waals surface area (Å²) >= 11 is 18.4. The molecule has 0 aliphatic heterocycles. The van der Waals surface area contributed by atoms with Crippen LogP contribution in [0.2, 0.25) is 15.1 Å². The topological polar surface area (TPSA) is 47.4 Å². The van der Waals surface area contributed by atoms with Gasteiger partial charge in [-0.15, -0.1) is 0 Å². The molecule has 0 aliphatic rings. The van der Waals surface area contributed by atoms with Crippen molar-refractivity contribution in [2.24, 2.45) is 7.05 Å². The zero-order valence-corrected chi connectivity index (χ0v) is 17.0. The van der Waals surface area contributed by atoms with E-state index in [2.05, 4.69) is 5.10 Å². The Hall–Kier alpha value is -1.34. The van der Waals surface area contributed by atoms with Crippen LogP contribution in [-0.4, -0.2) is 33.9 Å². The van der Waals surface area contributed by atoms with Gasteiger partial charge in [0.05, 0.1) is 18.7 Å². The van der Waals surface area contributed by atoms with Gasteiger partial charge in [0.25, 0.3) is 5.91 Å². The lowest BCUT2D eigenvalue weighted by Crippen LogP contribution is -2.39. The average molecular weight is 423 g/mol. The normalized spacial score (nSPS) is 13.5. The molecule has 142 valence electrons. The minimum Gasteiger partial charge on any atom is -0.275 e. The van der Waals surface area contributed by atoms with Crippen molar-refractivity contribution in [1.82, 2.24) is 14.8 Å². The van der Waals surface area contributed by atoms with Crippen LogP contribution in [0.4, 0.5) is 4.39 Å². The van der Waals surface area contributed by atoms with Gasteiger partial charge < -0.3 is 0 Å². The number of hydroxylamine groups is 2.